The highest BCUT2D eigenvalue weighted by molar-refractivity contribution is 6.01. The Hall–Kier alpha value is -3.78. The summed E-state index contributed by atoms with van der Waals surface area (Å²) in [6.45, 7) is 4.41. The van der Waals surface area contributed by atoms with Crippen LogP contribution in [0.3, 0.4) is 0 Å². The number of nitrogens with one attached hydrogen (secondary N) is 1. The van der Waals surface area contributed by atoms with Gasteiger partial charge in [0, 0.05) is 48.5 Å². The zero-order chi connectivity index (χ0) is 29.1. The average molecular weight is 580 g/mol. The van der Waals surface area contributed by atoms with Crippen LogP contribution < -0.4 is 5.56 Å². The van der Waals surface area contributed by atoms with Gasteiger partial charge in [0.05, 0.1) is 5.56 Å². The predicted molar refractivity (Wildman–Crippen MR) is 165 cm³/mol. The van der Waals surface area contributed by atoms with Crippen molar-refractivity contribution in [3.8, 4) is 16.9 Å². The number of nitrogens with zero attached hydrogens (tertiary/aromatic N) is 4. The Bertz CT molecular complexity index is 1770. The first kappa shape index (κ1) is 26.8. The molecule has 8 rings (SSSR count). The van der Waals surface area contributed by atoms with Crippen molar-refractivity contribution in [2.45, 2.75) is 76.2 Å². The maximum absolute atomic E-state index is 14.5. The zero-order valence-electron chi connectivity index (χ0n) is 24.6. The first-order chi connectivity index (χ1) is 21.0. The van der Waals surface area contributed by atoms with Crippen LogP contribution in [0.25, 0.3) is 27.8 Å². The number of aromatic nitrogens is 3. The number of hydrogen-bond donors (Lipinski definition) is 1. The smallest absolute Gasteiger partial charge is 0.280 e. The molecule has 2 saturated carbocycles. The molecule has 8 heteroatoms. The van der Waals surface area contributed by atoms with E-state index in [1.807, 2.05) is 23.2 Å². The maximum Gasteiger partial charge on any atom is 0.280 e. The van der Waals surface area contributed by atoms with E-state index in [0.29, 0.717) is 47.4 Å². The molecule has 7 nitrogen and oxygen atoms in total. The molecule has 4 aromatic rings. The quantitative estimate of drug-likeness (QED) is 0.271. The van der Waals surface area contributed by atoms with Crippen LogP contribution >= 0.6 is 0 Å². The van der Waals surface area contributed by atoms with Gasteiger partial charge < -0.3 is 9.88 Å². The number of halogens is 1. The van der Waals surface area contributed by atoms with Crippen LogP contribution in [-0.4, -0.2) is 56.4 Å². The van der Waals surface area contributed by atoms with Gasteiger partial charge in [0.1, 0.15) is 17.2 Å². The lowest BCUT2D eigenvalue weighted by molar-refractivity contribution is 0.0793. The van der Waals surface area contributed by atoms with Crippen molar-refractivity contribution in [1.82, 2.24) is 24.3 Å². The van der Waals surface area contributed by atoms with Gasteiger partial charge in [-0.15, -0.1) is 0 Å². The number of H-pyrrole nitrogens is 1. The van der Waals surface area contributed by atoms with E-state index < -0.39 is 5.82 Å². The summed E-state index contributed by atoms with van der Waals surface area (Å²) in [5.74, 6) is 0.775. The molecule has 43 heavy (non-hydrogen) atoms. The molecule has 1 amide bonds. The Balaban J connectivity index is 1.25. The molecule has 1 N–H and O–H groups in total. The SMILES string of the molecule is O=C(c1cc(F)ccc1-c1cc(C2CC2)nc(-n2cc(C3CC3)c3cc(CN4CCCCC4)[nH]c3c2=O)c1)N1CCCC1. The number of piperidine rings is 1. The minimum absolute atomic E-state index is 0.108. The summed E-state index contributed by atoms with van der Waals surface area (Å²) in [6, 6.07) is 10.6. The average Bonchev–Trinajstić information content (AvgIpc) is 3.95. The molecule has 4 aliphatic rings. The summed E-state index contributed by atoms with van der Waals surface area (Å²) in [5, 5.41) is 1.03. The third-order valence-electron chi connectivity index (χ3n) is 9.74. The Morgan fingerprint density at radius 3 is 2.40 bits per heavy atom. The molecule has 2 aliphatic heterocycles. The van der Waals surface area contributed by atoms with E-state index in [0.717, 1.165) is 80.5 Å². The fourth-order valence-electron chi connectivity index (χ4n) is 7.07. The predicted octanol–water partition coefficient (Wildman–Crippen LogP) is 6.50. The van der Waals surface area contributed by atoms with E-state index in [2.05, 4.69) is 16.0 Å². The number of fused-ring (bicyclic) bond motifs is 1. The molecular weight excluding hydrogens is 541 g/mol. The van der Waals surface area contributed by atoms with Crippen LogP contribution in [0.4, 0.5) is 4.39 Å². The first-order valence-electron chi connectivity index (χ1n) is 16.1. The Morgan fingerprint density at radius 2 is 1.65 bits per heavy atom. The molecule has 0 bridgehead atoms. The molecule has 0 atom stereocenters. The number of pyridine rings is 2. The van der Waals surface area contributed by atoms with Crippen LogP contribution in [0, 0.1) is 5.82 Å². The standard InChI is InChI=1S/C35H38FN5O2/c36-25-10-11-27(29(18-25)34(42)40-14-4-5-15-40)24-16-31(23-8-9-23)38-32(17-24)41-21-30(22-6-7-22)28-19-26(37-33(28)35(41)43)20-39-12-2-1-3-13-39/h10-11,16-19,21-23,37H,1-9,12-15,20H2. The van der Waals surface area contributed by atoms with Crippen molar-refractivity contribution in [2.75, 3.05) is 26.2 Å². The lowest BCUT2D eigenvalue weighted by Gasteiger charge is -2.25. The van der Waals surface area contributed by atoms with Crippen molar-refractivity contribution in [2.24, 2.45) is 0 Å². The summed E-state index contributed by atoms with van der Waals surface area (Å²) >= 11 is 0. The van der Waals surface area contributed by atoms with Gasteiger partial charge in [-0.05, 0) is 117 Å². The van der Waals surface area contributed by atoms with Crippen molar-refractivity contribution >= 4 is 16.8 Å². The van der Waals surface area contributed by atoms with Crippen molar-refractivity contribution < 1.29 is 9.18 Å². The van der Waals surface area contributed by atoms with Crippen molar-refractivity contribution in [3.63, 3.8) is 0 Å². The van der Waals surface area contributed by atoms with Crippen molar-refractivity contribution in [1.29, 1.82) is 0 Å². The molecule has 5 heterocycles. The number of benzene rings is 1. The second kappa shape index (κ2) is 10.7. The highest BCUT2D eigenvalue weighted by Crippen LogP contribution is 2.44. The molecule has 2 aliphatic carbocycles. The maximum atomic E-state index is 14.5. The molecule has 0 spiro atoms. The van der Waals surface area contributed by atoms with E-state index >= 15 is 0 Å². The summed E-state index contributed by atoms with van der Waals surface area (Å²) in [4.78, 5) is 40.5. The van der Waals surface area contributed by atoms with Gasteiger partial charge in [0.15, 0.2) is 0 Å². The Kier molecular flexibility index (Phi) is 6.70. The van der Waals surface area contributed by atoms with E-state index in [-0.39, 0.29) is 11.5 Å². The van der Waals surface area contributed by atoms with Crippen LogP contribution in [0.15, 0.2) is 47.4 Å². The van der Waals surface area contributed by atoms with Gasteiger partial charge in [-0.25, -0.2) is 9.37 Å². The number of rotatable bonds is 7. The van der Waals surface area contributed by atoms with E-state index in [4.69, 9.17) is 4.98 Å². The Labute approximate surface area is 250 Å². The molecular formula is C35H38FN5O2. The lowest BCUT2D eigenvalue weighted by Crippen LogP contribution is -2.29. The Morgan fingerprint density at radius 1 is 0.907 bits per heavy atom. The summed E-state index contributed by atoms with van der Waals surface area (Å²) < 4.78 is 16.2. The normalized spacial score (nSPS) is 19.4. The molecule has 222 valence electrons. The van der Waals surface area contributed by atoms with Gasteiger partial charge in [-0.1, -0.05) is 12.5 Å². The van der Waals surface area contributed by atoms with E-state index in [1.165, 1.54) is 37.0 Å². The third-order valence-corrected chi connectivity index (χ3v) is 9.74. The lowest BCUT2D eigenvalue weighted by atomic mass is 9.97. The molecule has 2 saturated heterocycles. The van der Waals surface area contributed by atoms with Gasteiger partial charge in [0.2, 0.25) is 0 Å². The second-order valence-corrected chi connectivity index (χ2v) is 13.1. The van der Waals surface area contributed by atoms with Gasteiger partial charge in [-0.2, -0.15) is 0 Å². The highest BCUT2D eigenvalue weighted by atomic mass is 19.1. The second-order valence-electron chi connectivity index (χ2n) is 13.1. The van der Waals surface area contributed by atoms with E-state index in [1.54, 1.807) is 10.6 Å². The van der Waals surface area contributed by atoms with Crippen LogP contribution in [0.2, 0.25) is 0 Å². The van der Waals surface area contributed by atoms with Crippen LogP contribution in [0.1, 0.15) is 96.9 Å². The van der Waals surface area contributed by atoms with Gasteiger partial charge in [-0.3, -0.25) is 19.1 Å². The number of carbonyl (C=O) groups is 1. The molecule has 4 fully saturated rings. The number of carbonyl (C=O) groups excluding carboxylic acids is 1. The van der Waals surface area contributed by atoms with Gasteiger partial charge in [0.25, 0.3) is 11.5 Å². The monoisotopic (exact) mass is 579 g/mol. The summed E-state index contributed by atoms with van der Waals surface area (Å²) in [6.07, 6.45) is 12.0. The minimum atomic E-state index is -0.425. The third kappa shape index (κ3) is 5.20. The first-order valence-corrected chi connectivity index (χ1v) is 16.1. The topological polar surface area (TPSA) is 74.2 Å². The summed E-state index contributed by atoms with van der Waals surface area (Å²) in [7, 11) is 0. The van der Waals surface area contributed by atoms with Gasteiger partial charge >= 0.3 is 0 Å². The zero-order valence-corrected chi connectivity index (χ0v) is 24.6. The molecule has 1 aromatic carbocycles. The number of likely N-dealkylation sites (tertiary alicyclic amines) is 2. The van der Waals surface area contributed by atoms with Crippen LogP contribution in [0.5, 0.6) is 0 Å². The number of aromatic amines is 1. The minimum Gasteiger partial charge on any atom is -0.353 e. The molecule has 0 unspecified atom stereocenters. The van der Waals surface area contributed by atoms with E-state index in [9.17, 15) is 14.0 Å². The fourth-order valence-corrected chi connectivity index (χ4v) is 7.07. The highest BCUT2D eigenvalue weighted by Gasteiger charge is 2.31. The largest absolute Gasteiger partial charge is 0.353 e. The number of amides is 1. The molecule has 3 aromatic heterocycles. The molecule has 0 radical (unpaired) electrons. The fraction of sp³-hybridized carbons (Fsp3) is 0.457. The van der Waals surface area contributed by atoms with Crippen LogP contribution in [-0.2, 0) is 6.54 Å². The summed E-state index contributed by atoms with van der Waals surface area (Å²) in [5.41, 5.74) is 5.60. The number of hydrogen-bond acceptors (Lipinski definition) is 4. The van der Waals surface area contributed by atoms with Crippen molar-refractivity contribution in [3.05, 3.63) is 81.3 Å².